The Kier molecular flexibility index (Phi) is 8.32. The number of hydrogen-bond donors (Lipinski definition) is 0. The summed E-state index contributed by atoms with van der Waals surface area (Å²) in [6.45, 7) is 11.6. The molecule has 0 amide bonds. The van der Waals surface area contributed by atoms with Crippen molar-refractivity contribution in [1.29, 1.82) is 0 Å². The van der Waals surface area contributed by atoms with E-state index in [0.717, 1.165) is 17.1 Å². The number of nitrogens with zero attached hydrogens (tertiary/aromatic N) is 1. The van der Waals surface area contributed by atoms with Crippen LogP contribution in [0.15, 0.2) is 182 Å². The van der Waals surface area contributed by atoms with Crippen LogP contribution >= 0.6 is 11.3 Å². The van der Waals surface area contributed by atoms with Crippen molar-refractivity contribution < 1.29 is 0 Å². The normalized spacial score (nSPS) is 13.1. The summed E-state index contributed by atoms with van der Waals surface area (Å²) in [5.74, 6) is 0. The lowest BCUT2D eigenvalue weighted by Gasteiger charge is -2.28. The molecular weight excluding hydrogens is 707 g/mol. The molecule has 0 N–H and O–H groups in total. The Bertz CT molecular complexity index is 2940. The van der Waals surface area contributed by atoms with Gasteiger partial charge in [0.1, 0.15) is 0 Å². The van der Waals surface area contributed by atoms with Crippen LogP contribution in [0.25, 0.3) is 64.7 Å². The van der Waals surface area contributed by atoms with Crippen molar-refractivity contribution in [3.05, 3.63) is 199 Å². The molecule has 0 saturated carbocycles. The maximum Gasteiger partial charge on any atom is 0.0540 e. The van der Waals surface area contributed by atoms with Gasteiger partial charge in [-0.05, 0) is 104 Å². The van der Waals surface area contributed by atoms with E-state index in [2.05, 4.69) is 222 Å². The first-order valence-electron chi connectivity index (χ1n) is 20.0. The molecule has 1 aliphatic carbocycles. The number of para-hydroxylation sites is 1. The Labute approximate surface area is 340 Å². The third-order valence-electron chi connectivity index (χ3n) is 12.1. The summed E-state index contributed by atoms with van der Waals surface area (Å²) in [6.07, 6.45) is 0. The van der Waals surface area contributed by atoms with E-state index >= 15 is 0 Å². The van der Waals surface area contributed by atoms with Gasteiger partial charge in [0.25, 0.3) is 0 Å². The fourth-order valence-corrected chi connectivity index (χ4v) is 10.2. The standard InChI is InChI=1S/C55H45NS/c1-54(2,3)40-27-32-45-48-34-39(26-33-49(48)55(4,5)50(45)35-40)36-22-28-41(29-23-36)56(51-20-11-9-16-43(51)37-14-7-6-8-15-37)42-30-24-38(25-31-42)44-18-13-19-47-46-17-10-12-21-52(46)57-53(44)47/h6-35H,1-5H3. The largest absolute Gasteiger partial charge is 0.310 e. The predicted octanol–water partition coefficient (Wildman–Crippen LogP) is 16.1. The van der Waals surface area contributed by atoms with Crippen molar-refractivity contribution in [2.75, 3.05) is 4.90 Å². The molecule has 0 radical (unpaired) electrons. The zero-order valence-electron chi connectivity index (χ0n) is 33.2. The van der Waals surface area contributed by atoms with Crippen LogP contribution in [-0.4, -0.2) is 0 Å². The second kappa shape index (κ2) is 13.5. The van der Waals surface area contributed by atoms with Crippen molar-refractivity contribution >= 4 is 48.6 Å². The van der Waals surface area contributed by atoms with E-state index in [4.69, 9.17) is 0 Å². The fraction of sp³-hybridized carbons (Fsp3) is 0.127. The van der Waals surface area contributed by atoms with Crippen molar-refractivity contribution in [2.45, 2.75) is 45.4 Å². The number of thiophene rings is 1. The SMILES string of the molecule is CC(C)(C)c1ccc2c(c1)C(C)(C)c1ccc(-c3ccc(N(c4ccc(-c5cccc6c5sc5ccccc56)cc4)c4ccccc4-c4ccccc4)cc3)cc1-2. The van der Waals surface area contributed by atoms with Gasteiger partial charge in [-0.25, -0.2) is 0 Å². The van der Waals surface area contributed by atoms with Gasteiger partial charge in [-0.3, -0.25) is 0 Å². The number of benzene rings is 8. The molecule has 0 aliphatic heterocycles. The van der Waals surface area contributed by atoms with Gasteiger partial charge in [0.2, 0.25) is 0 Å². The van der Waals surface area contributed by atoms with E-state index in [1.165, 1.54) is 81.4 Å². The highest BCUT2D eigenvalue weighted by Crippen LogP contribution is 2.51. The van der Waals surface area contributed by atoms with Gasteiger partial charge in [-0.15, -0.1) is 11.3 Å². The second-order valence-electron chi connectivity index (χ2n) is 17.0. The topological polar surface area (TPSA) is 3.24 Å². The minimum absolute atomic E-state index is 0.0408. The quantitative estimate of drug-likeness (QED) is 0.164. The van der Waals surface area contributed by atoms with Gasteiger partial charge in [0, 0.05) is 42.5 Å². The predicted molar refractivity (Wildman–Crippen MR) is 247 cm³/mol. The van der Waals surface area contributed by atoms with Crippen LogP contribution in [0.1, 0.15) is 51.3 Å². The van der Waals surface area contributed by atoms with Crippen LogP contribution in [-0.2, 0) is 10.8 Å². The van der Waals surface area contributed by atoms with Crippen LogP contribution in [0.3, 0.4) is 0 Å². The van der Waals surface area contributed by atoms with E-state index in [0.29, 0.717) is 0 Å². The highest BCUT2D eigenvalue weighted by atomic mass is 32.1. The summed E-state index contributed by atoms with van der Waals surface area (Å²) in [7, 11) is 0. The van der Waals surface area contributed by atoms with Gasteiger partial charge >= 0.3 is 0 Å². The van der Waals surface area contributed by atoms with E-state index in [9.17, 15) is 0 Å². The molecule has 0 spiro atoms. The zero-order chi connectivity index (χ0) is 38.9. The van der Waals surface area contributed by atoms with E-state index in [1.54, 1.807) is 0 Å². The molecular formula is C55H45NS. The second-order valence-corrected chi connectivity index (χ2v) is 18.0. The lowest BCUT2D eigenvalue weighted by atomic mass is 9.79. The van der Waals surface area contributed by atoms with E-state index in [-0.39, 0.29) is 10.8 Å². The Morgan fingerprint density at radius 1 is 0.439 bits per heavy atom. The highest BCUT2D eigenvalue weighted by molar-refractivity contribution is 7.26. The monoisotopic (exact) mass is 751 g/mol. The average molecular weight is 752 g/mol. The molecule has 276 valence electrons. The Hall–Kier alpha value is -6.22. The molecule has 57 heavy (non-hydrogen) atoms. The van der Waals surface area contributed by atoms with E-state index in [1.807, 2.05) is 11.3 Å². The molecule has 9 aromatic rings. The van der Waals surface area contributed by atoms with Gasteiger partial charge in [0.05, 0.1) is 5.69 Å². The van der Waals surface area contributed by atoms with E-state index < -0.39 is 0 Å². The molecule has 8 aromatic carbocycles. The van der Waals surface area contributed by atoms with Crippen molar-refractivity contribution in [3.63, 3.8) is 0 Å². The molecule has 0 fully saturated rings. The van der Waals surface area contributed by atoms with Gasteiger partial charge in [-0.1, -0.05) is 174 Å². The summed E-state index contributed by atoms with van der Waals surface area (Å²) in [6, 6.07) is 67.4. The highest BCUT2D eigenvalue weighted by Gasteiger charge is 2.36. The molecule has 10 rings (SSSR count). The number of rotatable bonds is 6. The Balaban J connectivity index is 1.05. The molecule has 2 heteroatoms. The fourth-order valence-electron chi connectivity index (χ4n) is 8.92. The molecule has 1 nitrogen and oxygen atoms in total. The minimum Gasteiger partial charge on any atom is -0.310 e. The van der Waals surface area contributed by atoms with Crippen molar-refractivity contribution in [2.24, 2.45) is 0 Å². The molecule has 0 unspecified atom stereocenters. The molecule has 1 aromatic heterocycles. The summed E-state index contributed by atoms with van der Waals surface area (Å²) in [5, 5.41) is 2.65. The van der Waals surface area contributed by atoms with Crippen LogP contribution in [0.5, 0.6) is 0 Å². The first kappa shape index (κ1) is 35.2. The maximum atomic E-state index is 2.45. The first-order chi connectivity index (χ1) is 27.6. The summed E-state index contributed by atoms with van der Waals surface area (Å²) in [4.78, 5) is 2.41. The average Bonchev–Trinajstić information content (AvgIpc) is 3.73. The lowest BCUT2D eigenvalue weighted by molar-refractivity contribution is 0.584. The van der Waals surface area contributed by atoms with Crippen LogP contribution in [0, 0.1) is 0 Å². The van der Waals surface area contributed by atoms with Crippen LogP contribution in [0.2, 0.25) is 0 Å². The first-order valence-corrected chi connectivity index (χ1v) is 20.8. The molecule has 0 saturated heterocycles. The number of anilines is 3. The maximum absolute atomic E-state index is 2.45. The minimum atomic E-state index is -0.0408. The molecule has 0 bridgehead atoms. The van der Waals surface area contributed by atoms with Crippen LogP contribution in [0.4, 0.5) is 17.1 Å². The third-order valence-corrected chi connectivity index (χ3v) is 13.3. The molecule has 1 aliphatic rings. The van der Waals surface area contributed by atoms with Gasteiger partial charge in [-0.2, -0.15) is 0 Å². The van der Waals surface area contributed by atoms with Crippen molar-refractivity contribution in [3.8, 4) is 44.5 Å². The molecule has 1 heterocycles. The molecule has 0 atom stereocenters. The smallest absolute Gasteiger partial charge is 0.0540 e. The van der Waals surface area contributed by atoms with Crippen molar-refractivity contribution in [1.82, 2.24) is 0 Å². The Morgan fingerprint density at radius 3 is 1.81 bits per heavy atom. The number of hydrogen-bond acceptors (Lipinski definition) is 2. The van der Waals surface area contributed by atoms with Crippen LogP contribution < -0.4 is 4.90 Å². The summed E-state index contributed by atoms with van der Waals surface area (Å²) >= 11 is 1.88. The lowest BCUT2D eigenvalue weighted by Crippen LogP contribution is -2.17. The summed E-state index contributed by atoms with van der Waals surface area (Å²) < 4.78 is 2.66. The third kappa shape index (κ3) is 5.99. The number of fused-ring (bicyclic) bond motifs is 6. The zero-order valence-corrected chi connectivity index (χ0v) is 34.0. The van der Waals surface area contributed by atoms with Gasteiger partial charge < -0.3 is 4.90 Å². The summed E-state index contributed by atoms with van der Waals surface area (Å²) in [5.41, 5.74) is 17.7. The Morgan fingerprint density at radius 2 is 1.05 bits per heavy atom. The van der Waals surface area contributed by atoms with Gasteiger partial charge in [0.15, 0.2) is 0 Å².